The Bertz CT molecular complexity index is 511. The fraction of sp³-hybridized carbons (Fsp3) is 0.714. The van der Waals surface area contributed by atoms with E-state index >= 15 is 0 Å². The minimum atomic E-state index is -4.43. The van der Waals surface area contributed by atoms with Crippen molar-refractivity contribution in [3.63, 3.8) is 0 Å². The van der Waals surface area contributed by atoms with Crippen molar-refractivity contribution in [3.05, 3.63) is 17.3 Å². The molecule has 0 spiro atoms. The van der Waals surface area contributed by atoms with E-state index in [0.29, 0.717) is 13.1 Å². The number of alkyl halides is 3. The molecular weight excluding hydrogens is 283 g/mol. The maximum Gasteiger partial charge on any atom is 0.420 e. The fourth-order valence-corrected chi connectivity index (χ4v) is 2.14. The second kappa shape index (κ2) is 5.44. The van der Waals surface area contributed by atoms with E-state index in [4.69, 9.17) is 4.74 Å². The first kappa shape index (κ1) is 16.0. The van der Waals surface area contributed by atoms with Gasteiger partial charge in [-0.3, -0.25) is 0 Å². The molecule has 1 aromatic rings. The highest BCUT2D eigenvalue weighted by Gasteiger charge is 2.40. The quantitative estimate of drug-likeness (QED) is 0.856. The number of anilines is 1. The van der Waals surface area contributed by atoms with Gasteiger partial charge < -0.3 is 9.64 Å². The van der Waals surface area contributed by atoms with Gasteiger partial charge in [0.1, 0.15) is 5.56 Å². The molecule has 1 aliphatic heterocycles. The normalized spacial score (nSPS) is 17.0. The van der Waals surface area contributed by atoms with Gasteiger partial charge in [0.15, 0.2) is 5.82 Å². The lowest BCUT2D eigenvalue weighted by molar-refractivity contribution is -0.138. The Morgan fingerprint density at radius 3 is 2.43 bits per heavy atom. The molecule has 0 bridgehead atoms. The van der Waals surface area contributed by atoms with Gasteiger partial charge in [0.05, 0.1) is 17.4 Å². The largest absolute Gasteiger partial charge is 0.420 e. The van der Waals surface area contributed by atoms with Crippen LogP contribution in [-0.2, 0) is 10.9 Å². The first-order chi connectivity index (χ1) is 9.62. The number of halogens is 3. The van der Waals surface area contributed by atoms with Crippen molar-refractivity contribution in [2.75, 3.05) is 18.0 Å². The van der Waals surface area contributed by atoms with Gasteiger partial charge in [-0.15, -0.1) is 5.10 Å². The molecule has 2 rings (SSSR count). The zero-order valence-corrected chi connectivity index (χ0v) is 12.7. The number of hydrogen-bond donors (Lipinski definition) is 0. The van der Waals surface area contributed by atoms with E-state index in [9.17, 15) is 13.2 Å². The number of aromatic nitrogens is 2. The number of rotatable bonds is 4. The third-order valence-electron chi connectivity index (χ3n) is 3.69. The van der Waals surface area contributed by atoms with Gasteiger partial charge in [-0.05, 0) is 33.3 Å². The Hall–Kier alpha value is -1.37. The molecule has 1 fully saturated rings. The molecule has 21 heavy (non-hydrogen) atoms. The summed E-state index contributed by atoms with van der Waals surface area (Å²) in [7, 11) is 0. The maximum atomic E-state index is 13.0. The van der Waals surface area contributed by atoms with E-state index in [1.807, 2.05) is 20.8 Å². The first-order valence-corrected chi connectivity index (χ1v) is 6.96. The number of hydrogen-bond acceptors (Lipinski definition) is 4. The third kappa shape index (κ3) is 3.64. The zero-order valence-electron chi connectivity index (χ0n) is 12.7. The van der Waals surface area contributed by atoms with Crippen LogP contribution in [0.4, 0.5) is 19.0 Å². The predicted octanol–water partition coefficient (Wildman–Crippen LogP) is 3.20. The minimum Gasteiger partial charge on any atom is -0.369 e. The highest BCUT2D eigenvalue weighted by molar-refractivity contribution is 5.50. The second-order valence-corrected chi connectivity index (χ2v) is 5.98. The molecule has 7 heteroatoms. The molecule has 0 radical (unpaired) electrons. The second-order valence-electron chi connectivity index (χ2n) is 5.98. The molecule has 4 nitrogen and oxygen atoms in total. The van der Waals surface area contributed by atoms with E-state index in [1.54, 1.807) is 4.90 Å². The Morgan fingerprint density at radius 2 is 1.90 bits per heavy atom. The van der Waals surface area contributed by atoms with E-state index in [2.05, 4.69) is 10.2 Å². The van der Waals surface area contributed by atoms with Gasteiger partial charge >= 0.3 is 6.18 Å². The van der Waals surface area contributed by atoms with E-state index in [0.717, 1.165) is 12.5 Å². The lowest BCUT2D eigenvalue weighted by atomic mass is 10.0. The maximum absolute atomic E-state index is 13.0. The summed E-state index contributed by atoms with van der Waals surface area (Å²) >= 11 is 0. The Balaban J connectivity index is 2.09. The summed E-state index contributed by atoms with van der Waals surface area (Å²) in [4.78, 5) is 1.56. The predicted molar refractivity (Wildman–Crippen MR) is 73.2 cm³/mol. The smallest absolute Gasteiger partial charge is 0.369 e. The van der Waals surface area contributed by atoms with Gasteiger partial charge in [-0.25, -0.2) is 0 Å². The fourth-order valence-electron chi connectivity index (χ4n) is 2.14. The van der Waals surface area contributed by atoms with Crippen LogP contribution >= 0.6 is 0 Å². The monoisotopic (exact) mass is 303 g/mol. The van der Waals surface area contributed by atoms with Crippen molar-refractivity contribution in [1.29, 1.82) is 0 Å². The lowest BCUT2D eigenvalue weighted by Crippen LogP contribution is -2.55. The summed E-state index contributed by atoms with van der Waals surface area (Å²) in [6.45, 7) is 8.28. The molecule has 118 valence electrons. The van der Waals surface area contributed by atoms with Crippen LogP contribution in [0.1, 0.15) is 38.4 Å². The molecule has 0 unspecified atom stereocenters. The molecule has 1 aliphatic rings. The summed E-state index contributed by atoms with van der Waals surface area (Å²) < 4.78 is 45.0. The SMILES string of the molecule is CCC(C)(C)OC1CN(c2nnc(C)cc2C(F)(F)F)C1. The van der Waals surface area contributed by atoms with Gasteiger partial charge in [0.2, 0.25) is 0 Å². The van der Waals surface area contributed by atoms with Gasteiger partial charge in [-0.2, -0.15) is 18.3 Å². The zero-order chi connectivity index (χ0) is 15.8. The first-order valence-electron chi connectivity index (χ1n) is 6.96. The number of ether oxygens (including phenoxy) is 1. The summed E-state index contributed by atoms with van der Waals surface area (Å²) in [5.41, 5.74) is -0.738. The van der Waals surface area contributed by atoms with Crippen LogP contribution in [0.25, 0.3) is 0 Å². The number of aryl methyl sites for hydroxylation is 1. The lowest BCUT2D eigenvalue weighted by Gasteiger charge is -2.43. The molecule has 1 aromatic heterocycles. The summed E-state index contributed by atoms with van der Waals surface area (Å²) in [6, 6.07) is 1.03. The van der Waals surface area contributed by atoms with Crippen molar-refractivity contribution in [1.82, 2.24) is 10.2 Å². The summed E-state index contributed by atoms with van der Waals surface area (Å²) in [5.74, 6) is -0.109. The molecule has 0 saturated carbocycles. The van der Waals surface area contributed by atoms with Gasteiger partial charge in [-0.1, -0.05) is 6.92 Å². The molecular formula is C14H20F3N3O. The van der Waals surface area contributed by atoms with Gasteiger partial charge in [0, 0.05) is 13.1 Å². The Labute approximate surface area is 122 Å². The average Bonchev–Trinajstić information content (AvgIpc) is 2.33. The highest BCUT2D eigenvalue weighted by Crippen LogP contribution is 2.37. The van der Waals surface area contributed by atoms with Crippen LogP contribution in [0.5, 0.6) is 0 Å². The van der Waals surface area contributed by atoms with Crippen LogP contribution in [0.3, 0.4) is 0 Å². The molecule has 0 aromatic carbocycles. The van der Waals surface area contributed by atoms with Crippen molar-refractivity contribution in [3.8, 4) is 0 Å². The molecule has 0 aliphatic carbocycles. The highest BCUT2D eigenvalue weighted by atomic mass is 19.4. The van der Waals surface area contributed by atoms with E-state index < -0.39 is 11.7 Å². The molecule has 0 amide bonds. The van der Waals surface area contributed by atoms with E-state index in [1.165, 1.54) is 6.92 Å². The van der Waals surface area contributed by atoms with Crippen molar-refractivity contribution in [2.45, 2.75) is 52.0 Å². The molecule has 0 N–H and O–H groups in total. The van der Waals surface area contributed by atoms with Crippen LogP contribution in [0, 0.1) is 6.92 Å². The average molecular weight is 303 g/mol. The summed E-state index contributed by atoms with van der Waals surface area (Å²) in [6.07, 6.45) is -3.64. The molecule has 1 saturated heterocycles. The van der Waals surface area contributed by atoms with Crippen LogP contribution < -0.4 is 4.90 Å². The standard InChI is InChI=1S/C14H20F3N3O/c1-5-13(3,4)21-10-7-20(8-10)12-11(14(15,16)17)6-9(2)18-19-12/h6,10H,5,7-8H2,1-4H3. The molecule has 0 atom stereocenters. The minimum absolute atomic E-state index is 0.0656. The van der Waals surface area contributed by atoms with Crippen LogP contribution in [-0.4, -0.2) is 35.0 Å². The Morgan fingerprint density at radius 1 is 1.29 bits per heavy atom. The van der Waals surface area contributed by atoms with Crippen molar-refractivity contribution >= 4 is 5.82 Å². The van der Waals surface area contributed by atoms with Crippen molar-refractivity contribution in [2.24, 2.45) is 0 Å². The summed E-state index contributed by atoms with van der Waals surface area (Å²) in [5, 5.41) is 7.46. The Kier molecular flexibility index (Phi) is 4.15. The van der Waals surface area contributed by atoms with E-state index in [-0.39, 0.29) is 23.2 Å². The number of nitrogens with zero attached hydrogens (tertiary/aromatic N) is 3. The third-order valence-corrected chi connectivity index (χ3v) is 3.69. The van der Waals surface area contributed by atoms with Crippen LogP contribution in [0.2, 0.25) is 0 Å². The molecule has 2 heterocycles. The van der Waals surface area contributed by atoms with Crippen LogP contribution in [0.15, 0.2) is 6.07 Å². The van der Waals surface area contributed by atoms with Gasteiger partial charge in [0.25, 0.3) is 0 Å². The topological polar surface area (TPSA) is 38.2 Å². The van der Waals surface area contributed by atoms with Crippen molar-refractivity contribution < 1.29 is 17.9 Å².